The molecule has 3 rings (SSSR count). The highest BCUT2D eigenvalue weighted by Crippen LogP contribution is 2.24. The standard InChI is InChI=1S/C17H24ClN5S2/c1-19-16(22(2)11-14-5-6-15(18)25-14)20-8-7-13-12-24-17(21-13)23-9-3-4-10-23/h5-6,12H,3-4,7-11H2,1-2H3,(H,19,20). The summed E-state index contributed by atoms with van der Waals surface area (Å²) >= 11 is 9.37. The number of guanidine groups is 1. The van der Waals surface area contributed by atoms with Crippen LogP contribution in [-0.4, -0.2) is 49.6 Å². The van der Waals surface area contributed by atoms with Crippen LogP contribution in [-0.2, 0) is 13.0 Å². The lowest BCUT2D eigenvalue weighted by Gasteiger charge is -2.21. The van der Waals surface area contributed by atoms with Crippen LogP contribution in [0.3, 0.4) is 0 Å². The molecule has 25 heavy (non-hydrogen) atoms. The highest BCUT2D eigenvalue weighted by atomic mass is 35.5. The van der Waals surface area contributed by atoms with Crippen LogP contribution in [0.4, 0.5) is 5.13 Å². The van der Waals surface area contributed by atoms with Crippen molar-refractivity contribution in [1.82, 2.24) is 15.2 Å². The molecule has 0 radical (unpaired) electrons. The van der Waals surface area contributed by atoms with Gasteiger partial charge < -0.3 is 15.1 Å². The topological polar surface area (TPSA) is 43.8 Å². The number of hydrogen-bond acceptors (Lipinski definition) is 5. The number of nitrogens with zero attached hydrogens (tertiary/aromatic N) is 4. The fourth-order valence-electron chi connectivity index (χ4n) is 2.90. The van der Waals surface area contributed by atoms with E-state index in [4.69, 9.17) is 16.6 Å². The maximum absolute atomic E-state index is 6.00. The van der Waals surface area contributed by atoms with Crippen molar-refractivity contribution in [2.45, 2.75) is 25.8 Å². The van der Waals surface area contributed by atoms with E-state index in [0.717, 1.165) is 48.6 Å². The summed E-state index contributed by atoms with van der Waals surface area (Å²) < 4.78 is 0.823. The van der Waals surface area contributed by atoms with Gasteiger partial charge in [0.2, 0.25) is 0 Å². The molecule has 0 bridgehead atoms. The fraction of sp³-hybridized carbons (Fsp3) is 0.529. The monoisotopic (exact) mass is 397 g/mol. The van der Waals surface area contributed by atoms with Gasteiger partial charge in [0.15, 0.2) is 11.1 Å². The number of hydrogen-bond donors (Lipinski definition) is 1. The third-order valence-corrected chi connectivity index (χ3v) is 6.34. The molecule has 0 amide bonds. The Bertz CT molecular complexity index is 705. The Kier molecular flexibility index (Phi) is 6.56. The summed E-state index contributed by atoms with van der Waals surface area (Å²) in [5.41, 5.74) is 1.16. The van der Waals surface area contributed by atoms with Crippen molar-refractivity contribution in [2.24, 2.45) is 4.99 Å². The van der Waals surface area contributed by atoms with Crippen molar-refractivity contribution in [1.29, 1.82) is 0 Å². The van der Waals surface area contributed by atoms with E-state index >= 15 is 0 Å². The maximum atomic E-state index is 6.00. The van der Waals surface area contributed by atoms with Gasteiger partial charge in [-0.2, -0.15) is 0 Å². The molecular formula is C17H24ClN5S2. The van der Waals surface area contributed by atoms with Crippen LogP contribution >= 0.6 is 34.3 Å². The molecule has 136 valence electrons. The molecular weight excluding hydrogens is 374 g/mol. The molecule has 1 aliphatic rings. The summed E-state index contributed by atoms with van der Waals surface area (Å²) in [6.07, 6.45) is 3.48. The molecule has 1 aliphatic heterocycles. The Balaban J connectivity index is 1.46. The lowest BCUT2D eigenvalue weighted by atomic mass is 10.3. The van der Waals surface area contributed by atoms with Gasteiger partial charge in [0, 0.05) is 50.4 Å². The van der Waals surface area contributed by atoms with Crippen LogP contribution in [0.2, 0.25) is 4.34 Å². The van der Waals surface area contributed by atoms with Crippen LogP contribution in [0.25, 0.3) is 0 Å². The normalized spacial score (nSPS) is 15.0. The zero-order valence-electron chi connectivity index (χ0n) is 14.7. The Morgan fingerprint density at radius 1 is 1.40 bits per heavy atom. The van der Waals surface area contributed by atoms with Gasteiger partial charge >= 0.3 is 0 Å². The van der Waals surface area contributed by atoms with Gasteiger partial charge in [-0.05, 0) is 25.0 Å². The van der Waals surface area contributed by atoms with E-state index in [2.05, 4.69) is 31.6 Å². The van der Waals surface area contributed by atoms with Crippen molar-refractivity contribution in [2.75, 3.05) is 38.6 Å². The molecule has 1 fully saturated rings. The smallest absolute Gasteiger partial charge is 0.193 e. The number of thiophene rings is 1. The average molecular weight is 398 g/mol. The zero-order valence-corrected chi connectivity index (χ0v) is 17.1. The summed E-state index contributed by atoms with van der Waals surface area (Å²) in [5.74, 6) is 0.888. The number of thiazole rings is 1. The number of nitrogens with one attached hydrogen (secondary N) is 1. The summed E-state index contributed by atoms with van der Waals surface area (Å²) in [6.45, 7) is 3.92. The predicted octanol–water partition coefficient (Wildman–Crippen LogP) is 3.71. The third kappa shape index (κ3) is 5.09. The van der Waals surface area contributed by atoms with E-state index in [1.807, 2.05) is 20.2 Å². The first kappa shape index (κ1) is 18.5. The fourth-order valence-corrected chi connectivity index (χ4v) is 4.95. The van der Waals surface area contributed by atoms with E-state index in [-0.39, 0.29) is 0 Å². The first-order valence-electron chi connectivity index (χ1n) is 8.51. The van der Waals surface area contributed by atoms with E-state index in [0.29, 0.717) is 0 Å². The van der Waals surface area contributed by atoms with Crippen molar-refractivity contribution >= 4 is 45.4 Å². The molecule has 1 saturated heterocycles. The number of aliphatic imine (C=N–C) groups is 1. The highest BCUT2D eigenvalue weighted by Gasteiger charge is 2.15. The Hall–Kier alpha value is -1.31. The average Bonchev–Trinajstić information content (AvgIpc) is 3.33. The van der Waals surface area contributed by atoms with Crippen LogP contribution in [0.1, 0.15) is 23.4 Å². The zero-order chi connectivity index (χ0) is 17.6. The summed E-state index contributed by atoms with van der Waals surface area (Å²) in [5, 5.41) is 6.77. The van der Waals surface area contributed by atoms with Crippen molar-refractivity contribution in [3.63, 3.8) is 0 Å². The van der Waals surface area contributed by atoms with Gasteiger partial charge in [-0.1, -0.05) is 11.6 Å². The minimum atomic E-state index is 0.798. The molecule has 0 spiro atoms. The van der Waals surface area contributed by atoms with Crippen LogP contribution in [0, 0.1) is 0 Å². The maximum Gasteiger partial charge on any atom is 0.193 e. The molecule has 2 aromatic rings. The molecule has 0 saturated carbocycles. The second-order valence-electron chi connectivity index (χ2n) is 6.10. The largest absolute Gasteiger partial charge is 0.356 e. The van der Waals surface area contributed by atoms with Gasteiger partial charge in [0.1, 0.15) is 0 Å². The van der Waals surface area contributed by atoms with E-state index in [1.165, 1.54) is 22.9 Å². The number of rotatable bonds is 6. The molecule has 0 atom stereocenters. The number of aromatic nitrogens is 1. The minimum Gasteiger partial charge on any atom is -0.356 e. The quantitative estimate of drug-likeness (QED) is 0.596. The van der Waals surface area contributed by atoms with Crippen LogP contribution in [0.15, 0.2) is 22.5 Å². The highest BCUT2D eigenvalue weighted by molar-refractivity contribution is 7.16. The second kappa shape index (κ2) is 8.87. The third-order valence-electron chi connectivity index (χ3n) is 4.18. The Morgan fingerprint density at radius 3 is 2.88 bits per heavy atom. The van der Waals surface area contributed by atoms with Crippen LogP contribution < -0.4 is 10.2 Å². The van der Waals surface area contributed by atoms with Crippen molar-refractivity contribution in [3.8, 4) is 0 Å². The molecule has 3 heterocycles. The summed E-state index contributed by atoms with van der Waals surface area (Å²) in [4.78, 5) is 14.9. The van der Waals surface area contributed by atoms with Gasteiger partial charge in [-0.3, -0.25) is 4.99 Å². The lowest BCUT2D eigenvalue weighted by molar-refractivity contribution is 0.482. The lowest BCUT2D eigenvalue weighted by Crippen LogP contribution is -2.39. The first-order chi connectivity index (χ1) is 12.2. The number of anilines is 1. The van der Waals surface area contributed by atoms with Gasteiger partial charge in [-0.15, -0.1) is 22.7 Å². The molecule has 0 aliphatic carbocycles. The number of halogens is 1. The van der Waals surface area contributed by atoms with Crippen molar-refractivity contribution in [3.05, 3.63) is 32.4 Å². The molecule has 0 aromatic carbocycles. The van der Waals surface area contributed by atoms with Gasteiger partial charge in [-0.25, -0.2) is 4.98 Å². The van der Waals surface area contributed by atoms with Crippen LogP contribution in [0.5, 0.6) is 0 Å². The summed E-state index contributed by atoms with van der Waals surface area (Å²) in [6, 6.07) is 4.00. The molecule has 8 heteroatoms. The van der Waals surface area contributed by atoms with E-state index < -0.39 is 0 Å². The Morgan fingerprint density at radius 2 is 2.20 bits per heavy atom. The van der Waals surface area contributed by atoms with E-state index in [1.54, 1.807) is 22.7 Å². The Labute approximate surface area is 162 Å². The molecule has 5 nitrogen and oxygen atoms in total. The van der Waals surface area contributed by atoms with Crippen molar-refractivity contribution < 1.29 is 0 Å². The minimum absolute atomic E-state index is 0.798. The molecule has 1 N–H and O–H groups in total. The second-order valence-corrected chi connectivity index (χ2v) is 8.74. The molecule has 0 unspecified atom stereocenters. The summed E-state index contributed by atoms with van der Waals surface area (Å²) in [7, 11) is 3.85. The van der Waals surface area contributed by atoms with Gasteiger partial charge in [0.05, 0.1) is 16.6 Å². The first-order valence-corrected chi connectivity index (χ1v) is 10.6. The van der Waals surface area contributed by atoms with E-state index in [9.17, 15) is 0 Å². The molecule has 2 aromatic heterocycles. The predicted molar refractivity (Wildman–Crippen MR) is 109 cm³/mol. The SMILES string of the molecule is CN=C(NCCc1csc(N2CCCC2)n1)N(C)Cc1ccc(Cl)s1. The van der Waals surface area contributed by atoms with Gasteiger partial charge in [0.25, 0.3) is 0 Å².